The van der Waals surface area contributed by atoms with Gasteiger partial charge in [-0.15, -0.1) is 11.8 Å². The van der Waals surface area contributed by atoms with Gasteiger partial charge in [-0.1, -0.05) is 59.6 Å². The van der Waals surface area contributed by atoms with E-state index in [-0.39, 0.29) is 11.0 Å². The number of nitrogens with zero attached hydrogens (tertiary/aromatic N) is 1. The fourth-order valence-corrected chi connectivity index (χ4v) is 5.61. The number of ketones is 1. The Morgan fingerprint density at radius 1 is 0.889 bits per heavy atom. The van der Waals surface area contributed by atoms with Gasteiger partial charge in [0.25, 0.3) is 0 Å². The normalized spacial score (nSPS) is 20.4. The molecule has 2 nitrogen and oxygen atoms in total. The van der Waals surface area contributed by atoms with Gasteiger partial charge in [-0.3, -0.25) is 9.79 Å². The van der Waals surface area contributed by atoms with Crippen molar-refractivity contribution in [2.24, 2.45) is 10.9 Å². The molecule has 0 fully saturated rings. The Hall–Kier alpha value is -2.07. The predicted octanol–water partition coefficient (Wildman–Crippen LogP) is 6.77. The van der Waals surface area contributed by atoms with Crippen molar-refractivity contribution in [2.75, 3.05) is 0 Å². The molecule has 0 saturated carbocycles. The maximum atomic E-state index is 13.3. The molecule has 27 heavy (non-hydrogen) atoms. The zero-order valence-corrected chi connectivity index (χ0v) is 16.4. The molecule has 0 radical (unpaired) electrons. The van der Waals surface area contributed by atoms with E-state index >= 15 is 0 Å². The highest BCUT2D eigenvalue weighted by Gasteiger charge is 2.44. The molecule has 0 spiro atoms. The average Bonchev–Trinajstić information content (AvgIpc) is 2.85. The van der Waals surface area contributed by atoms with E-state index < -0.39 is 5.92 Å². The van der Waals surface area contributed by atoms with E-state index in [2.05, 4.69) is 0 Å². The Morgan fingerprint density at radius 2 is 1.63 bits per heavy atom. The van der Waals surface area contributed by atoms with Crippen LogP contribution in [0.2, 0.25) is 10.0 Å². The first-order chi connectivity index (χ1) is 13.1. The van der Waals surface area contributed by atoms with E-state index in [9.17, 15) is 4.79 Å². The standard InChI is InChI=1S/C22H13Cl2NOS/c23-12-9-10-16(24)15(11-12)22-19-20(13-5-1-2-6-14(13)21(19)26)25-17-7-3-4-8-18(17)27-22/h1-11,19,22H/t19?,22-/m0/s1. The number of fused-ring (bicyclic) bond motifs is 4. The molecule has 0 amide bonds. The van der Waals surface area contributed by atoms with E-state index in [0.717, 1.165) is 33.0 Å². The molecule has 0 saturated heterocycles. The Kier molecular flexibility index (Phi) is 4.12. The number of hydrogen-bond donors (Lipinski definition) is 0. The van der Waals surface area contributed by atoms with Crippen molar-refractivity contribution in [3.63, 3.8) is 0 Å². The van der Waals surface area contributed by atoms with E-state index in [1.807, 2.05) is 54.6 Å². The largest absolute Gasteiger partial charge is 0.293 e. The lowest BCUT2D eigenvalue weighted by Crippen LogP contribution is -2.22. The lowest BCUT2D eigenvalue weighted by atomic mass is 9.93. The van der Waals surface area contributed by atoms with E-state index in [1.165, 1.54) is 0 Å². The summed E-state index contributed by atoms with van der Waals surface area (Å²) < 4.78 is 0. The third-order valence-corrected chi connectivity index (χ3v) is 6.93. The highest BCUT2D eigenvalue weighted by molar-refractivity contribution is 7.99. The minimum atomic E-state index is -0.393. The summed E-state index contributed by atoms with van der Waals surface area (Å²) >= 11 is 14.4. The van der Waals surface area contributed by atoms with Crippen molar-refractivity contribution < 1.29 is 4.79 Å². The van der Waals surface area contributed by atoms with Gasteiger partial charge in [0.2, 0.25) is 0 Å². The summed E-state index contributed by atoms with van der Waals surface area (Å²) in [6, 6.07) is 21.1. The smallest absolute Gasteiger partial charge is 0.174 e. The topological polar surface area (TPSA) is 29.4 Å². The van der Waals surface area contributed by atoms with E-state index in [1.54, 1.807) is 23.9 Å². The fourth-order valence-electron chi connectivity index (χ4n) is 3.75. The van der Waals surface area contributed by atoms with Gasteiger partial charge in [0.05, 0.1) is 22.6 Å². The maximum Gasteiger partial charge on any atom is 0.174 e. The fraction of sp³-hybridized carbons (Fsp3) is 0.0909. The minimum absolute atomic E-state index is 0.0886. The Balaban J connectivity index is 1.78. The van der Waals surface area contributed by atoms with Gasteiger partial charge in [0.1, 0.15) is 0 Å². The van der Waals surface area contributed by atoms with Gasteiger partial charge in [0, 0.05) is 26.1 Å². The summed E-state index contributed by atoms with van der Waals surface area (Å²) in [5.41, 5.74) is 4.20. The number of carbonyl (C=O) groups is 1. The summed E-state index contributed by atoms with van der Waals surface area (Å²) in [5.74, 6) is -0.304. The van der Waals surface area contributed by atoms with E-state index in [4.69, 9.17) is 28.2 Å². The first-order valence-electron chi connectivity index (χ1n) is 8.56. The Labute approximate surface area is 171 Å². The molecule has 1 heterocycles. The van der Waals surface area contributed by atoms with Gasteiger partial charge in [-0.05, 0) is 35.9 Å². The molecule has 5 heteroatoms. The summed E-state index contributed by atoms with van der Waals surface area (Å²) in [7, 11) is 0. The molecule has 3 aromatic carbocycles. The van der Waals surface area contributed by atoms with Crippen LogP contribution in [0.4, 0.5) is 5.69 Å². The minimum Gasteiger partial charge on any atom is -0.293 e. The van der Waals surface area contributed by atoms with Crippen LogP contribution in [0.25, 0.3) is 0 Å². The van der Waals surface area contributed by atoms with Crippen molar-refractivity contribution in [1.82, 2.24) is 0 Å². The predicted molar refractivity (Wildman–Crippen MR) is 112 cm³/mol. The number of halogens is 2. The number of benzene rings is 3. The molecule has 5 rings (SSSR count). The van der Waals surface area contributed by atoms with Crippen LogP contribution in [0.1, 0.15) is 26.7 Å². The van der Waals surface area contributed by atoms with Gasteiger partial charge in [-0.25, -0.2) is 0 Å². The van der Waals surface area contributed by atoms with Crippen LogP contribution in [-0.4, -0.2) is 11.5 Å². The quantitative estimate of drug-likeness (QED) is 0.443. The number of Topliss-reactive ketones (excluding diaryl/α,β-unsaturated/α-hetero) is 1. The van der Waals surface area contributed by atoms with Gasteiger partial charge in [0.15, 0.2) is 5.78 Å². The molecular formula is C22H13Cl2NOS. The maximum absolute atomic E-state index is 13.3. The summed E-state index contributed by atoms with van der Waals surface area (Å²) in [6.07, 6.45) is 0. The highest BCUT2D eigenvalue weighted by atomic mass is 35.5. The third kappa shape index (κ3) is 2.73. The second-order valence-corrected chi connectivity index (χ2v) is 8.58. The highest BCUT2D eigenvalue weighted by Crippen LogP contribution is 2.52. The van der Waals surface area contributed by atoms with Crippen LogP contribution in [0.15, 0.2) is 76.6 Å². The molecule has 132 valence electrons. The lowest BCUT2D eigenvalue weighted by Gasteiger charge is -2.22. The first kappa shape index (κ1) is 17.1. The SMILES string of the molecule is O=C1c2ccccc2C2=Nc3ccccc3S[C@@H](c3cc(Cl)ccc3Cl)C12. The molecule has 2 aliphatic rings. The molecule has 1 unspecified atom stereocenters. The van der Waals surface area contributed by atoms with Gasteiger partial charge in [-0.2, -0.15) is 0 Å². The monoisotopic (exact) mass is 409 g/mol. The number of aliphatic imine (C=N–C) groups is 1. The number of carbonyl (C=O) groups excluding carboxylic acids is 1. The zero-order valence-electron chi connectivity index (χ0n) is 14.0. The van der Waals surface area contributed by atoms with Crippen molar-refractivity contribution in [3.05, 3.63) is 93.5 Å². The van der Waals surface area contributed by atoms with Gasteiger partial charge >= 0.3 is 0 Å². The molecular weight excluding hydrogens is 397 g/mol. The second kappa shape index (κ2) is 6.52. The van der Waals surface area contributed by atoms with Crippen molar-refractivity contribution in [1.29, 1.82) is 0 Å². The Bertz CT molecular complexity index is 1120. The third-order valence-electron chi connectivity index (χ3n) is 4.97. The summed E-state index contributed by atoms with van der Waals surface area (Å²) in [6.45, 7) is 0. The van der Waals surface area contributed by atoms with Crippen molar-refractivity contribution >= 4 is 52.1 Å². The molecule has 0 bridgehead atoms. The van der Waals surface area contributed by atoms with Crippen LogP contribution in [-0.2, 0) is 0 Å². The van der Waals surface area contributed by atoms with Crippen LogP contribution >= 0.6 is 35.0 Å². The van der Waals surface area contributed by atoms with Crippen LogP contribution in [0.3, 0.4) is 0 Å². The first-order valence-corrected chi connectivity index (χ1v) is 10.2. The van der Waals surface area contributed by atoms with Crippen LogP contribution in [0, 0.1) is 5.92 Å². The zero-order chi connectivity index (χ0) is 18.5. The molecule has 0 aromatic heterocycles. The number of para-hydroxylation sites is 1. The lowest BCUT2D eigenvalue weighted by molar-refractivity contribution is 0.0960. The van der Waals surface area contributed by atoms with E-state index in [0.29, 0.717) is 10.0 Å². The summed E-state index contributed by atoms with van der Waals surface area (Å²) in [5, 5.41) is 1.02. The summed E-state index contributed by atoms with van der Waals surface area (Å²) in [4.78, 5) is 19.3. The molecule has 1 aliphatic heterocycles. The van der Waals surface area contributed by atoms with Crippen LogP contribution < -0.4 is 0 Å². The van der Waals surface area contributed by atoms with Crippen LogP contribution in [0.5, 0.6) is 0 Å². The Morgan fingerprint density at radius 3 is 2.48 bits per heavy atom. The van der Waals surface area contributed by atoms with Crippen molar-refractivity contribution in [2.45, 2.75) is 10.1 Å². The average molecular weight is 410 g/mol. The number of thioether (sulfide) groups is 1. The second-order valence-electron chi connectivity index (χ2n) is 6.56. The molecule has 3 aromatic rings. The molecule has 2 atom stereocenters. The molecule has 0 N–H and O–H groups in total. The number of hydrogen-bond acceptors (Lipinski definition) is 3. The number of rotatable bonds is 1. The van der Waals surface area contributed by atoms with Crippen molar-refractivity contribution in [3.8, 4) is 0 Å². The molecule has 1 aliphatic carbocycles. The van der Waals surface area contributed by atoms with Gasteiger partial charge < -0.3 is 0 Å².